The highest BCUT2D eigenvalue weighted by Gasteiger charge is 2.16. The van der Waals surface area contributed by atoms with Gasteiger partial charge in [0.2, 0.25) is 5.91 Å². The van der Waals surface area contributed by atoms with Gasteiger partial charge in [-0.05, 0) is 0 Å². The first-order chi connectivity index (χ1) is 6.29. The molecule has 5 nitrogen and oxygen atoms in total. The van der Waals surface area contributed by atoms with E-state index in [9.17, 15) is 4.79 Å². The third-order valence-corrected chi connectivity index (χ3v) is 2.62. The topological polar surface area (TPSA) is 80.9 Å². The molecule has 68 valence electrons. The van der Waals surface area contributed by atoms with Crippen molar-refractivity contribution in [3.05, 3.63) is 12.0 Å². The zero-order valence-electron chi connectivity index (χ0n) is 6.78. The van der Waals surface area contributed by atoms with Crippen molar-refractivity contribution < 1.29 is 4.79 Å². The van der Waals surface area contributed by atoms with Gasteiger partial charge in [-0.15, -0.1) is 11.8 Å². The van der Waals surface area contributed by atoms with Crippen LogP contribution in [0.3, 0.4) is 0 Å². The molecule has 3 N–H and O–H groups in total. The first kappa shape index (κ1) is 8.46. The van der Waals surface area contributed by atoms with Crippen LogP contribution in [0.2, 0.25) is 0 Å². The smallest absolute Gasteiger partial charge is 0.235 e. The van der Waals surface area contributed by atoms with Gasteiger partial charge in [0, 0.05) is 6.20 Å². The van der Waals surface area contributed by atoms with E-state index in [4.69, 9.17) is 5.73 Å². The molecule has 1 aliphatic rings. The average Bonchev–Trinajstić information content (AvgIpc) is 2.16. The lowest BCUT2D eigenvalue weighted by Crippen LogP contribution is -2.21. The van der Waals surface area contributed by atoms with Crippen molar-refractivity contribution in [2.75, 3.05) is 11.1 Å². The Bertz CT molecular complexity index is 354. The number of carbonyl (C=O) groups is 1. The molecule has 2 rings (SSSR count). The molecule has 0 saturated carbocycles. The normalized spacial score (nSPS) is 15.0. The van der Waals surface area contributed by atoms with Crippen molar-refractivity contribution in [2.45, 2.75) is 11.4 Å². The molecule has 0 spiro atoms. The van der Waals surface area contributed by atoms with Crippen molar-refractivity contribution in [1.82, 2.24) is 9.97 Å². The van der Waals surface area contributed by atoms with Crippen LogP contribution in [0.25, 0.3) is 0 Å². The van der Waals surface area contributed by atoms with Gasteiger partial charge in [-0.25, -0.2) is 9.97 Å². The highest BCUT2D eigenvalue weighted by Crippen LogP contribution is 2.28. The van der Waals surface area contributed by atoms with Crippen LogP contribution in [0.15, 0.2) is 11.1 Å². The Morgan fingerprint density at radius 3 is 3.31 bits per heavy atom. The van der Waals surface area contributed by atoms with Crippen molar-refractivity contribution in [1.29, 1.82) is 0 Å². The summed E-state index contributed by atoms with van der Waals surface area (Å²) in [6, 6.07) is 0. The van der Waals surface area contributed by atoms with E-state index in [1.54, 1.807) is 6.20 Å². The lowest BCUT2D eigenvalue weighted by molar-refractivity contribution is -0.113. The lowest BCUT2D eigenvalue weighted by atomic mass is 10.5. The summed E-state index contributed by atoms with van der Waals surface area (Å²) in [6.45, 7) is 0.286. The molecule has 0 aromatic carbocycles. The molecular weight excluding hydrogens is 188 g/mol. The maximum atomic E-state index is 11.0. The molecule has 0 fully saturated rings. The second-order valence-electron chi connectivity index (χ2n) is 2.54. The number of nitrogens with one attached hydrogen (secondary N) is 1. The molecule has 1 aromatic heterocycles. The Kier molecular flexibility index (Phi) is 2.15. The zero-order valence-corrected chi connectivity index (χ0v) is 7.60. The molecule has 6 heteroatoms. The van der Waals surface area contributed by atoms with Gasteiger partial charge < -0.3 is 11.1 Å². The molecule has 0 radical (unpaired) electrons. The van der Waals surface area contributed by atoms with E-state index in [1.807, 2.05) is 0 Å². The fraction of sp³-hybridized carbons (Fsp3) is 0.286. The molecule has 0 bridgehead atoms. The van der Waals surface area contributed by atoms with Gasteiger partial charge >= 0.3 is 0 Å². The first-order valence-electron chi connectivity index (χ1n) is 3.78. The third-order valence-electron chi connectivity index (χ3n) is 1.60. The number of rotatable bonds is 1. The summed E-state index contributed by atoms with van der Waals surface area (Å²) in [6.07, 6.45) is 1.69. The van der Waals surface area contributed by atoms with E-state index in [0.29, 0.717) is 17.4 Å². The SMILES string of the molecule is NCc1ncc2c(n1)NC(=O)CS2. The number of anilines is 1. The Morgan fingerprint density at radius 1 is 1.69 bits per heavy atom. The van der Waals surface area contributed by atoms with Crippen LogP contribution in [0.5, 0.6) is 0 Å². The fourth-order valence-electron chi connectivity index (χ4n) is 1.01. The summed E-state index contributed by atoms with van der Waals surface area (Å²) in [7, 11) is 0. The Labute approximate surface area is 79.1 Å². The fourth-order valence-corrected chi connectivity index (χ4v) is 1.73. The second kappa shape index (κ2) is 3.31. The predicted molar refractivity (Wildman–Crippen MR) is 49.3 cm³/mol. The van der Waals surface area contributed by atoms with Gasteiger partial charge in [0.1, 0.15) is 11.6 Å². The van der Waals surface area contributed by atoms with Gasteiger partial charge in [0.05, 0.1) is 17.2 Å². The summed E-state index contributed by atoms with van der Waals surface area (Å²) in [5.41, 5.74) is 5.37. The number of carbonyl (C=O) groups excluding carboxylic acids is 1. The molecular formula is C7H8N4OS. The van der Waals surface area contributed by atoms with Gasteiger partial charge in [-0.2, -0.15) is 0 Å². The molecule has 0 aliphatic carbocycles. The second-order valence-corrected chi connectivity index (χ2v) is 3.56. The van der Waals surface area contributed by atoms with Crippen molar-refractivity contribution in [3.63, 3.8) is 0 Å². The predicted octanol–water partition coefficient (Wildman–Crippen LogP) is -0.0205. The van der Waals surface area contributed by atoms with E-state index in [0.717, 1.165) is 4.90 Å². The largest absolute Gasteiger partial charge is 0.324 e. The van der Waals surface area contributed by atoms with Crippen LogP contribution >= 0.6 is 11.8 Å². The number of aromatic nitrogens is 2. The molecule has 0 saturated heterocycles. The molecule has 1 aliphatic heterocycles. The van der Waals surface area contributed by atoms with E-state index >= 15 is 0 Å². The summed E-state index contributed by atoms with van der Waals surface area (Å²) >= 11 is 1.44. The first-order valence-corrected chi connectivity index (χ1v) is 4.77. The quantitative estimate of drug-likeness (QED) is 0.659. The number of nitrogens with two attached hydrogens (primary N) is 1. The molecule has 1 aromatic rings. The number of fused-ring (bicyclic) bond motifs is 1. The van der Waals surface area contributed by atoms with Gasteiger partial charge in [-0.1, -0.05) is 0 Å². The summed E-state index contributed by atoms with van der Waals surface area (Å²) in [4.78, 5) is 20.0. The van der Waals surface area contributed by atoms with E-state index in [2.05, 4.69) is 15.3 Å². The van der Waals surface area contributed by atoms with Crippen LogP contribution in [-0.4, -0.2) is 21.6 Å². The molecule has 13 heavy (non-hydrogen) atoms. The van der Waals surface area contributed by atoms with Crippen molar-refractivity contribution in [3.8, 4) is 0 Å². The average molecular weight is 196 g/mol. The monoisotopic (exact) mass is 196 g/mol. The maximum absolute atomic E-state index is 11.0. The number of hydrogen-bond acceptors (Lipinski definition) is 5. The summed E-state index contributed by atoms with van der Waals surface area (Å²) in [5, 5.41) is 2.67. The number of hydrogen-bond donors (Lipinski definition) is 2. The highest BCUT2D eigenvalue weighted by molar-refractivity contribution is 8.00. The number of thioether (sulfide) groups is 1. The van der Waals surface area contributed by atoms with Crippen LogP contribution in [-0.2, 0) is 11.3 Å². The van der Waals surface area contributed by atoms with E-state index < -0.39 is 0 Å². The maximum Gasteiger partial charge on any atom is 0.235 e. The van der Waals surface area contributed by atoms with Crippen LogP contribution in [0.4, 0.5) is 5.82 Å². The minimum absolute atomic E-state index is 0.0285. The number of amides is 1. The highest BCUT2D eigenvalue weighted by atomic mass is 32.2. The van der Waals surface area contributed by atoms with E-state index in [1.165, 1.54) is 11.8 Å². The van der Waals surface area contributed by atoms with Gasteiger partial charge in [0.25, 0.3) is 0 Å². The van der Waals surface area contributed by atoms with Gasteiger partial charge in [-0.3, -0.25) is 4.79 Å². The van der Waals surface area contributed by atoms with Gasteiger partial charge in [0.15, 0.2) is 0 Å². The Morgan fingerprint density at radius 2 is 2.54 bits per heavy atom. The van der Waals surface area contributed by atoms with Crippen LogP contribution in [0, 0.1) is 0 Å². The molecule has 2 heterocycles. The lowest BCUT2D eigenvalue weighted by Gasteiger charge is -2.14. The Balaban J connectivity index is 2.38. The number of nitrogens with zero attached hydrogens (tertiary/aromatic N) is 2. The third kappa shape index (κ3) is 1.63. The standard InChI is InChI=1S/C7H8N4OS/c8-1-5-9-2-4-7(10-5)11-6(12)3-13-4/h2H,1,3,8H2,(H,9,10,11,12). The van der Waals surface area contributed by atoms with Crippen LogP contribution in [0.1, 0.15) is 5.82 Å². The minimum atomic E-state index is -0.0285. The zero-order chi connectivity index (χ0) is 9.26. The Hall–Kier alpha value is -1.14. The molecule has 0 unspecified atom stereocenters. The van der Waals surface area contributed by atoms with E-state index in [-0.39, 0.29) is 12.5 Å². The summed E-state index contributed by atoms with van der Waals surface area (Å²) in [5.74, 6) is 1.52. The minimum Gasteiger partial charge on any atom is -0.324 e. The molecule has 0 atom stereocenters. The van der Waals surface area contributed by atoms with Crippen molar-refractivity contribution >= 4 is 23.5 Å². The summed E-state index contributed by atoms with van der Waals surface area (Å²) < 4.78 is 0. The van der Waals surface area contributed by atoms with Crippen molar-refractivity contribution in [2.24, 2.45) is 5.73 Å². The molecule has 1 amide bonds. The van der Waals surface area contributed by atoms with Crippen LogP contribution < -0.4 is 11.1 Å².